The molecule has 1 saturated carbocycles. The van der Waals surface area contributed by atoms with Gasteiger partial charge in [0.25, 0.3) is 0 Å². The minimum atomic E-state index is 0. The van der Waals surface area contributed by atoms with Crippen molar-refractivity contribution in [1.82, 2.24) is 0 Å². The summed E-state index contributed by atoms with van der Waals surface area (Å²) in [5.74, 6) is 0. The summed E-state index contributed by atoms with van der Waals surface area (Å²) in [4.78, 5) is 0. The maximum absolute atomic E-state index is 6.27. The molecule has 4 N–H and O–H groups in total. The van der Waals surface area contributed by atoms with Gasteiger partial charge in [-0.25, -0.2) is 0 Å². The van der Waals surface area contributed by atoms with Crippen LogP contribution in [0.3, 0.4) is 0 Å². The van der Waals surface area contributed by atoms with Gasteiger partial charge in [-0.05, 0) is 36.7 Å². The molecule has 1 aromatic rings. The first kappa shape index (κ1) is 17.7. The van der Waals surface area contributed by atoms with Crippen molar-refractivity contribution in [2.45, 2.75) is 44.7 Å². The topological polar surface area (TPSA) is 52.0 Å². The highest BCUT2D eigenvalue weighted by atomic mass is 35.5. The Bertz CT molecular complexity index is 345. The Kier molecular flexibility index (Phi) is 7.23. The van der Waals surface area contributed by atoms with Crippen molar-refractivity contribution in [3.8, 4) is 0 Å². The van der Waals surface area contributed by atoms with E-state index in [0.29, 0.717) is 6.04 Å². The fourth-order valence-electron chi connectivity index (χ4n) is 2.86. The zero-order valence-corrected chi connectivity index (χ0v) is 12.5. The standard InChI is InChI=1S/C14H22N2.2ClH/c1-14(9-11-5-3-2-4-6-11)10-12(15)7-8-13(14)16;;/h2-6,12-13H,7-10,15-16H2,1H3;2*1H/t12-,13-,14?;;/m1../s1. The third kappa shape index (κ3) is 4.13. The summed E-state index contributed by atoms with van der Waals surface area (Å²) in [6, 6.07) is 11.2. The molecule has 1 aliphatic carbocycles. The van der Waals surface area contributed by atoms with E-state index < -0.39 is 0 Å². The van der Waals surface area contributed by atoms with Crippen LogP contribution < -0.4 is 11.5 Å². The summed E-state index contributed by atoms with van der Waals surface area (Å²) in [5, 5.41) is 0. The van der Waals surface area contributed by atoms with Crippen molar-refractivity contribution in [2.75, 3.05) is 0 Å². The molecule has 2 rings (SSSR count). The lowest BCUT2D eigenvalue weighted by Crippen LogP contribution is -2.49. The second kappa shape index (κ2) is 7.34. The van der Waals surface area contributed by atoms with E-state index in [0.717, 1.165) is 25.7 Å². The van der Waals surface area contributed by atoms with E-state index in [1.54, 1.807) is 0 Å². The SMILES string of the molecule is CC1(Cc2ccccc2)C[C@H](N)CC[C@H]1N.Cl.Cl. The van der Waals surface area contributed by atoms with Gasteiger partial charge >= 0.3 is 0 Å². The van der Waals surface area contributed by atoms with E-state index in [2.05, 4.69) is 37.3 Å². The first-order valence-corrected chi connectivity index (χ1v) is 6.15. The summed E-state index contributed by atoms with van der Waals surface area (Å²) >= 11 is 0. The van der Waals surface area contributed by atoms with Gasteiger partial charge in [-0.1, -0.05) is 37.3 Å². The number of rotatable bonds is 2. The Labute approximate surface area is 122 Å². The molecular formula is C14H24Cl2N2. The average molecular weight is 291 g/mol. The lowest BCUT2D eigenvalue weighted by atomic mass is 9.67. The molecule has 0 bridgehead atoms. The van der Waals surface area contributed by atoms with Crippen LogP contribution in [0, 0.1) is 5.41 Å². The summed E-state index contributed by atoms with van der Waals surface area (Å²) in [7, 11) is 0. The molecule has 0 aliphatic heterocycles. The molecular weight excluding hydrogens is 267 g/mol. The predicted octanol–water partition coefficient (Wildman–Crippen LogP) is 2.92. The molecule has 2 nitrogen and oxygen atoms in total. The van der Waals surface area contributed by atoms with Gasteiger partial charge in [0.15, 0.2) is 0 Å². The van der Waals surface area contributed by atoms with Gasteiger partial charge in [0.2, 0.25) is 0 Å². The van der Waals surface area contributed by atoms with Crippen LogP contribution in [0.2, 0.25) is 0 Å². The predicted molar refractivity (Wildman–Crippen MR) is 82.6 cm³/mol. The largest absolute Gasteiger partial charge is 0.328 e. The van der Waals surface area contributed by atoms with Crippen LogP contribution in [0.4, 0.5) is 0 Å². The monoisotopic (exact) mass is 290 g/mol. The van der Waals surface area contributed by atoms with Gasteiger partial charge in [-0.15, -0.1) is 24.8 Å². The van der Waals surface area contributed by atoms with E-state index >= 15 is 0 Å². The molecule has 18 heavy (non-hydrogen) atoms. The zero-order valence-electron chi connectivity index (χ0n) is 10.8. The average Bonchev–Trinajstić information content (AvgIpc) is 2.25. The molecule has 1 fully saturated rings. The smallest absolute Gasteiger partial charge is 0.00972 e. The normalized spacial score (nSPS) is 31.1. The molecule has 1 unspecified atom stereocenters. The van der Waals surface area contributed by atoms with Crippen molar-refractivity contribution in [1.29, 1.82) is 0 Å². The van der Waals surface area contributed by atoms with Crippen LogP contribution in [0.5, 0.6) is 0 Å². The van der Waals surface area contributed by atoms with Gasteiger partial charge in [0, 0.05) is 12.1 Å². The molecule has 0 spiro atoms. The quantitative estimate of drug-likeness (QED) is 0.880. The van der Waals surface area contributed by atoms with Crippen LogP contribution in [0.1, 0.15) is 31.7 Å². The third-order valence-corrected chi connectivity index (χ3v) is 3.92. The van der Waals surface area contributed by atoms with Crippen molar-refractivity contribution in [3.63, 3.8) is 0 Å². The first-order chi connectivity index (χ1) is 7.60. The lowest BCUT2D eigenvalue weighted by molar-refractivity contribution is 0.158. The minimum absolute atomic E-state index is 0. The van der Waals surface area contributed by atoms with Crippen molar-refractivity contribution < 1.29 is 0 Å². The molecule has 3 atom stereocenters. The van der Waals surface area contributed by atoms with Gasteiger partial charge in [0.05, 0.1) is 0 Å². The molecule has 0 aromatic heterocycles. The first-order valence-electron chi connectivity index (χ1n) is 6.15. The molecule has 0 amide bonds. The molecule has 104 valence electrons. The highest BCUT2D eigenvalue weighted by molar-refractivity contribution is 5.85. The summed E-state index contributed by atoms with van der Waals surface area (Å²) in [5.41, 5.74) is 13.9. The van der Waals surface area contributed by atoms with E-state index in [1.165, 1.54) is 5.56 Å². The molecule has 1 aliphatic rings. The van der Waals surface area contributed by atoms with Crippen LogP contribution in [-0.2, 0) is 6.42 Å². The number of benzene rings is 1. The Balaban J connectivity index is 0.00000144. The Morgan fingerprint density at radius 2 is 1.72 bits per heavy atom. The van der Waals surface area contributed by atoms with Crippen LogP contribution in [-0.4, -0.2) is 12.1 Å². The van der Waals surface area contributed by atoms with E-state index in [1.807, 2.05) is 0 Å². The van der Waals surface area contributed by atoms with Crippen LogP contribution >= 0.6 is 24.8 Å². The zero-order chi connectivity index (χ0) is 11.6. The van der Waals surface area contributed by atoms with Crippen LogP contribution in [0.15, 0.2) is 30.3 Å². The van der Waals surface area contributed by atoms with Gasteiger partial charge in [-0.3, -0.25) is 0 Å². The van der Waals surface area contributed by atoms with Gasteiger partial charge < -0.3 is 11.5 Å². The Hall–Kier alpha value is -0.280. The lowest BCUT2D eigenvalue weighted by Gasteiger charge is -2.42. The highest BCUT2D eigenvalue weighted by Gasteiger charge is 2.37. The van der Waals surface area contributed by atoms with E-state index in [-0.39, 0.29) is 36.3 Å². The van der Waals surface area contributed by atoms with Gasteiger partial charge in [-0.2, -0.15) is 0 Å². The highest BCUT2D eigenvalue weighted by Crippen LogP contribution is 2.37. The number of nitrogens with two attached hydrogens (primary N) is 2. The molecule has 1 aromatic carbocycles. The minimum Gasteiger partial charge on any atom is -0.328 e. The maximum Gasteiger partial charge on any atom is 0.00972 e. The second-order valence-corrected chi connectivity index (χ2v) is 5.46. The van der Waals surface area contributed by atoms with Crippen LogP contribution in [0.25, 0.3) is 0 Å². The fourth-order valence-corrected chi connectivity index (χ4v) is 2.86. The summed E-state index contributed by atoms with van der Waals surface area (Å²) in [6.45, 7) is 2.28. The molecule has 0 heterocycles. The summed E-state index contributed by atoms with van der Waals surface area (Å²) in [6.07, 6.45) is 4.22. The molecule has 0 radical (unpaired) electrons. The van der Waals surface area contributed by atoms with E-state index in [9.17, 15) is 0 Å². The second-order valence-electron chi connectivity index (χ2n) is 5.46. The van der Waals surface area contributed by atoms with Crippen molar-refractivity contribution >= 4 is 24.8 Å². The summed E-state index contributed by atoms with van der Waals surface area (Å²) < 4.78 is 0. The van der Waals surface area contributed by atoms with Crippen molar-refractivity contribution in [2.24, 2.45) is 16.9 Å². The Morgan fingerprint density at radius 3 is 2.33 bits per heavy atom. The Morgan fingerprint density at radius 1 is 1.11 bits per heavy atom. The molecule has 0 saturated heterocycles. The number of hydrogen-bond acceptors (Lipinski definition) is 2. The maximum atomic E-state index is 6.27. The number of halogens is 2. The molecule has 4 heteroatoms. The third-order valence-electron chi connectivity index (χ3n) is 3.92. The van der Waals surface area contributed by atoms with E-state index in [4.69, 9.17) is 11.5 Å². The fraction of sp³-hybridized carbons (Fsp3) is 0.571. The number of hydrogen-bond donors (Lipinski definition) is 2. The van der Waals surface area contributed by atoms with Crippen molar-refractivity contribution in [3.05, 3.63) is 35.9 Å². The van der Waals surface area contributed by atoms with Gasteiger partial charge in [0.1, 0.15) is 0 Å².